The van der Waals surface area contributed by atoms with Gasteiger partial charge in [0.05, 0.1) is 19.8 Å². The molecule has 1 aliphatic heterocycles. The van der Waals surface area contributed by atoms with Crippen LogP contribution < -0.4 is 10.6 Å². The Labute approximate surface area is 209 Å². The number of hydrogen-bond acceptors (Lipinski definition) is 6. The van der Waals surface area contributed by atoms with E-state index in [1.165, 1.54) is 0 Å². The van der Waals surface area contributed by atoms with E-state index in [1.807, 2.05) is 0 Å². The molecule has 0 saturated carbocycles. The van der Waals surface area contributed by atoms with E-state index in [0.29, 0.717) is 5.92 Å². The van der Waals surface area contributed by atoms with Gasteiger partial charge >= 0.3 is 0 Å². The van der Waals surface area contributed by atoms with Crippen molar-refractivity contribution in [2.45, 2.75) is 64.7 Å². The van der Waals surface area contributed by atoms with E-state index in [0.717, 1.165) is 82.3 Å². The maximum Gasteiger partial charge on any atom is 0.191 e. The third kappa shape index (κ3) is 9.43. The highest BCUT2D eigenvalue weighted by molar-refractivity contribution is 14.0. The van der Waals surface area contributed by atoms with Gasteiger partial charge in [-0.3, -0.25) is 9.89 Å². The molecule has 0 aliphatic carbocycles. The lowest BCUT2D eigenvalue weighted by atomic mass is 10.0. The van der Waals surface area contributed by atoms with Gasteiger partial charge in [-0.25, -0.2) is 0 Å². The van der Waals surface area contributed by atoms with Crippen LogP contribution in [0.15, 0.2) is 10.1 Å². The van der Waals surface area contributed by atoms with Gasteiger partial charge in [0.1, 0.15) is 5.82 Å². The van der Waals surface area contributed by atoms with E-state index < -0.39 is 0 Å². The molecule has 0 amide bonds. The predicted molar refractivity (Wildman–Crippen MR) is 141 cm³/mol. The molecule has 1 saturated heterocycles. The van der Waals surface area contributed by atoms with E-state index in [1.54, 1.807) is 11.8 Å². The number of aliphatic imine (C=N–C) groups is 1. The first-order valence-electron chi connectivity index (χ1n) is 11.2. The van der Waals surface area contributed by atoms with Crippen molar-refractivity contribution >= 4 is 41.7 Å². The number of aromatic nitrogens is 3. The second-order valence-corrected chi connectivity index (χ2v) is 9.52. The van der Waals surface area contributed by atoms with Crippen molar-refractivity contribution in [2.75, 3.05) is 52.2 Å². The highest BCUT2D eigenvalue weighted by Crippen LogP contribution is 2.17. The summed E-state index contributed by atoms with van der Waals surface area (Å²) in [6, 6.07) is 0. The van der Waals surface area contributed by atoms with Crippen LogP contribution in [0.5, 0.6) is 0 Å². The Morgan fingerprint density at radius 1 is 1.23 bits per heavy atom. The van der Waals surface area contributed by atoms with Crippen molar-refractivity contribution in [3.05, 3.63) is 5.82 Å². The lowest BCUT2D eigenvalue weighted by molar-refractivity contribution is -0.00683. The summed E-state index contributed by atoms with van der Waals surface area (Å²) >= 11 is 1.66. The molecule has 2 rings (SSSR count). The van der Waals surface area contributed by atoms with Gasteiger partial charge in [-0.2, -0.15) is 0 Å². The maximum absolute atomic E-state index is 5.48. The Morgan fingerprint density at radius 2 is 1.94 bits per heavy atom. The molecule has 1 aromatic rings. The summed E-state index contributed by atoms with van der Waals surface area (Å²) in [6.07, 6.45) is 3.96. The second kappa shape index (κ2) is 14.5. The lowest BCUT2D eigenvalue weighted by Gasteiger charge is -2.39. The van der Waals surface area contributed by atoms with Crippen molar-refractivity contribution < 1.29 is 4.74 Å². The average molecular weight is 568 g/mol. The fraction of sp³-hybridized carbons (Fsp3) is 0.857. The molecule has 31 heavy (non-hydrogen) atoms. The molecular formula is C21H42IN7OS. The summed E-state index contributed by atoms with van der Waals surface area (Å²) in [7, 11) is 0. The fourth-order valence-electron chi connectivity index (χ4n) is 3.54. The Balaban J connectivity index is 0.00000480. The number of thioether (sulfide) groups is 1. The number of ether oxygens (including phenoxy) is 1. The van der Waals surface area contributed by atoms with E-state index in [-0.39, 0.29) is 29.5 Å². The molecule has 0 bridgehead atoms. The van der Waals surface area contributed by atoms with Crippen molar-refractivity contribution in [1.82, 2.24) is 30.3 Å². The Hall–Kier alpha value is -0.590. The number of morpholine rings is 1. The van der Waals surface area contributed by atoms with Gasteiger partial charge in [0.2, 0.25) is 0 Å². The molecule has 1 aliphatic rings. The van der Waals surface area contributed by atoms with Crippen molar-refractivity contribution in [3.63, 3.8) is 0 Å². The van der Waals surface area contributed by atoms with Crippen LogP contribution >= 0.6 is 35.7 Å². The zero-order valence-corrected chi connectivity index (χ0v) is 23.3. The van der Waals surface area contributed by atoms with Gasteiger partial charge in [0.25, 0.3) is 0 Å². The number of nitrogens with zero attached hydrogens (tertiary/aromatic N) is 5. The van der Waals surface area contributed by atoms with Gasteiger partial charge in [-0.15, -0.1) is 34.2 Å². The third-order valence-electron chi connectivity index (χ3n) is 5.23. The van der Waals surface area contributed by atoms with Crippen LogP contribution in [0.2, 0.25) is 0 Å². The largest absolute Gasteiger partial charge is 0.379 e. The first-order valence-corrected chi connectivity index (χ1v) is 12.4. The minimum atomic E-state index is 0. The van der Waals surface area contributed by atoms with E-state index in [4.69, 9.17) is 9.73 Å². The summed E-state index contributed by atoms with van der Waals surface area (Å²) in [4.78, 5) is 7.32. The lowest BCUT2D eigenvalue weighted by Crippen LogP contribution is -2.52. The quantitative estimate of drug-likeness (QED) is 0.140. The molecule has 0 atom stereocenters. The molecule has 1 fully saturated rings. The summed E-state index contributed by atoms with van der Waals surface area (Å²) in [5.74, 6) is 2.53. The van der Waals surface area contributed by atoms with E-state index in [2.05, 4.69) is 71.2 Å². The zero-order valence-electron chi connectivity index (χ0n) is 20.1. The van der Waals surface area contributed by atoms with Gasteiger partial charge < -0.3 is 19.9 Å². The van der Waals surface area contributed by atoms with E-state index in [9.17, 15) is 0 Å². The van der Waals surface area contributed by atoms with Crippen LogP contribution in [-0.2, 0) is 17.7 Å². The molecule has 0 spiro atoms. The van der Waals surface area contributed by atoms with Crippen LogP contribution in [0.25, 0.3) is 0 Å². The number of hydrogen-bond donors (Lipinski definition) is 2. The first kappa shape index (κ1) is 28.4. The summed E-state index contributed by atoms with van der Waals surface area (Å²) in [6.45, 7) is 18.1. The van der Waals surface area contributed by atoms with E-state index >= 15 is 0 Å². The summed E-state index contributed by atoms with van der Waals surface area (Å²) in [5, 5.41) is 16.6. The monoisotopic (exact) mass is 567 g/mol. The highest BCUT2D eigenvalue weighted by atomic mass is 127. The smallest absolute Gasteiger partial charge is 0.191 e. The van der Waals surface area contributed by atoms with Gasteiger partial charge in [-0.05, 0) is 39.4 Å². The Bertz CT molecular complexity index is 660. The molecule has 10 heteroatoms. The highest BCUT2D eigenvalue weighted by Gasteiger charge is 2.28. The zero-order chi connectivity index (χ0) is 22.0. The second-order valence-electron chi connectivity index (χ2n) is 8.74. The molecule has 0 radical (unpaired) electrons. The van der Waals surface area contributed by atoms with Gasteiger partial charge in [0.15, 0.2) is 11.1 Å². The molecule has 2 heterocycles. The maximum atomic E-state index is 5.48. The molecule has 180 valence electrons. The van der Waals surface area contributed by atoms with Crippen LogP contribution in [-0.4, -0.2) is 83.4 Å². The molecule has 0 aromatic carbocycles. The molecule has 0 unspecified atom stereocenters. The van der Waals surface area contributed by atoms with Crippen molar-refractivity contribution in [2.24, 2.45) is 10.9 Å². The number of nitrogens with one attached hydrogen (secondary N) is 2. The normalized spacial score (nSPS) is 15.8. The first-order chi connectivity index (χ1) is 14.4. The SMILES string of the molecule is CCNC(=NCC(C)(C)N1CCOCC1)NCCCc1nnc(SC)n1CC(C)C.I. The number of halogens is 1. The van der Waals surface area contributed by atoms with Gasteiger partial charge in [-0.1, -0.05) is 25.6 Å². The molecular weight excluding hydrogens is 525 g/mol. The molecule has 8 nitrogen and oxygen atoms in total. The van der Waals surface area contributed by atoms with Crippen molar-refractivity contribution in [1.29, 1.82) is 0 Å². The van der Waals surface area contributed by atoms with Crippen LogP contribution in [0, 0.1) is 5.92 Å². The average Bonchev–Trinajstić information content (AvgIpc) is 3.10. The minimum absolute atomic E-state index is 0. The topological polar surface area (TPSA) is 79.6 Å². The Kier molecular flexibility index (Phi) is 13.3. The van der Waals surface area contributed by atoms with Gasteiger partial charge in [0, 0.05) is 44.7 Å². The summed E-state index contributed by atoms with van der Waals surface area (Å²) in [5.41, 5.74) is 0.0214. The van der Waals surface area contributed by atoms with Crippen molar-refractivity contribution in [3.8, 4) is 0 Å². The standard InChI is InChI=1S/C21H41N7OS.HI/c1-7-22-19(24-16-21(4,5)27-11-13-29-14-12-27)23-10-8-9-18-25-26-20(30-6)28(18)15-17(2)3;/h17H,7-16H2,1-6H3,(H2,22,23,24);1H. The molecule has 1 aromatic heterocycles. The fourth-order valence-corrected chi connectivity index (χ4v) is 4.06. The number of rotatable bonds is 11. The van der Waals surface area contributed by atoms with Crippen LogP contribution in [0.3, 0.4) is 0 Å². The molecule has 2 N–H and O–H groups in total. The predicted octanol–water partition coefficient (Wildman–Crippen LogP) is 2.87. The summed E-state index contributed by atoms with van der Waals surface area (Å²) < 4.78 is 7.75. The minimum Gasteiger partial charge on any atom is -0.379 e. The van der Waals surface area contributed by atoms with Crippen LogP contribution in [0.4, 0.5) is 0 Å². The third-order valence-corrected chi connectivity index (χ3v) is 5.90. The Morgan fingerprint density at radius 3 is 2.55 bits per heavy atom. The number of guanidine groups is 1. The number of aryl methyl sites for hydroxylation is 1. The van der Waals surface area contributed by atoms with Crippen LogP contribution in [0.1, 0.15) is 46.9 Å².